The van der Waals surface area contributed by atoms with Gasteiger partial charge in [0.1, 0.15) is 6.61 Å². The van der Waals surface area contributed by atoms with Crippen molar-refractivity contribution in [2.75, 3.05) is 52.4 Å². The van der Waals surface area contributed by atoms with Gasteiger partial charge in [-0.25, -0.2) is 4.79 Å². The first-order chi connectivity index (χ1) is 15.4. The van der Waals surface area contributed by atoms with E-state index in [1.54, 1.807) is 4.90 Å². The van der Waals surface area contributed by atoms with E-state index < -0.39 is 6.09 Å². The van der Waals surface area contributed by atoms with Crippen LogP contribution in [-0.2, 0) is 14.3 Å². The van der Waals surface area contributed by atoms with Crippen LogP contribution in [0.5, 0.6) is 0 Å². The maximum atomic E-state index is 12.7. The molecule has 32 heavy (non-hydrogen) atoms. The van der Waals surface area contributed by atoms with E-state index in [1.165, 1.54) is 0 Å². The van der Waals surface area contributed by atoms with Crippen molar-refractivity contribution in [2.45, 2.75) is 63.8 Å². The highest BCUT2D eigenvalue weighted by Crippen LogP contribution is 2.03. The van der Waals surface area contributed by atoms with Gasteiger partial charge in [0.25, 0.3) is 0 Å². The number of amides is 3. The van der Waals surface area contributed by atoms with Gasteiger partial charge in [-0.05, 0) is 64.7 Å². The molecule has 11 nitrogen and oxygen atoms in total. The van der Waals surface area contributed by atoms with Gasteiger partial charge in [0.15, 0.2) is 0 Å². The molecule has 0 fully saturated rings. The van der Waals surface area contributed by atoms with E-state index in [0.29, 0.717) is 32.6 Å². The minimum absolute atomic E-state index is 0.0134. The van der Waals surface area contributed by atoms with Crippen LogP contribution >= 0.6 is 0 Å². The van der Waals surface area contributed by atoms with Crippen LogP contribution in [-0.4, -0.2) is 81.3 Å². The lowest BCUT2D eigenvalue weighted by Crippen LogP contribution is -2.48. The molecule has 1 atom stereocenters. The molecular formula is C21H45N7O4. The van der Waals surface area contributed by atoms with Gasteiger partial charge in [0.05, 0.1) is 19.1 Å². The third-order valence-corrected chi connectivity index (χ3v) is 4.95. The lowest BCUT2D eigenvalue weighted by atomic mass is 10.1. The lowest BCUT2D eigenvalue weighted by molar-refractivity contribution is -0.135. The molecule has 0 bridgehead atoms. The van der Waals surface area contributed by atoms with Crippen LogP contribution in [0.15, 0.2) is 0 Å². The molecule has 0 radical (unpaired) electrons. The van der Waals surface area contributed by atoms with Gasteiger partial charge in [-0.15, -0.1) is 0 Å². The predicted molar refractivity (Wildman–Crippen MR) is 126 cm³/mol. The van der Waals surface area contributed by atoms with Crippen molar-refractivity contribution < 1.29 is 19.1 Å². The third kappa shape index (κ3) is 17.7. The molecule has 0 rings (SSSR count). The molecule has 0 spiro atoms. The Kier molecular flexibility index (Phi) is 19.7. The van der Waals surface area contributed by atoms with Crippen LogP contribution in [0.2, 0.25) is 0 Å². The number of carbonyl (C=O) groups is 3. The second-order valence-corrected chi connectivity index (χ2v) is 7.87. The fourth-order valence-corrected chi connectivity index (χ4v) is 3.16. The molecule has 0 heterocycles. The summed E-state index contributed by atoms with van der Waals surface area (Å²) in [5.41, 5.74) is 21.6. The number of hydrogen-bond acceptors (Lipinski definition) is 8. The first-order valence-corrected chi connectivity index (χ1v) is 11.7. The van der Waals surface area contributed by atoms with Crippen molar-refractivity contribution in [3.05, 3.63) is 0 Å². The van der Waals surface area contributed by atoms with E-state index in [1.807, 2.05) is 0 Å². The molecule has 0 saturated heterocycles. The minimum atomic E-state index is -0.891. The van der Waals surface area contributed by atoms with Crippen LogP contribution in [0.4, 0.5) is 4.79 Å². The number of nitrogens with zero attached hydrogens (tertiary/aromatic N) is 1. The summed E-state index contributed by atoms with van der Waals surface area (Å²) in [5.74, 6) is -0.425. The van der Waals surface area contributed by atoms with E-state index >= 15 is 0 Å². The van der Waals surface area contributed by atoms with Gasteiger partial charge in [-0.3, -0.25) is 9.59 Å². The van der Waals surface area contributed by atoms with Crippen molar-refractivity contribution in [1.82, 2.24) is 15.5 Å². The number of rotatable bonds is 21. The number of nitrogens with two attached hydrogens (primary N) is 4. The van der Waals surface area contributed by atoms with Crippen molar-refractivity contribution in [1.29, 1.82) is 0 Å². The Bertz CT molecular complexity index is 509. The molecular weight excluding hydrogens is 414 g/mol. The average molecular weight is 460 g/mol. The van der Waals surface area contributed by atoms with Gasteiger partial charge in [-0.2, -0.15) is 0 Å². The van der Waals surface area contributed by atoms with Crippen LogP contribution in [0, 0.1) is 0 Å². The molecule has 10 N–H and O–H groups in total. The Morgan fingerprint density at radius 2 is 1.47 bits per heavy atom. The van der Waals surface area contributed by atoms with E-state index in [4.69, 9.17) is 27.7 Å². The molecule has 0 unspecified atom stereocenters. The standard InChI is InChI=1S/C21H45N7O4/c22-10-4-1-7-13-26-15-20(30)28(14-8-2-5-11-23)16-19(29)27-18(9-3-6-12-24)17-32-21(25)31/h18,26H,1-17,22-24H2,(H2,25,31)(H,27,29)/t18-/m1/s1. The van der Waals surface area contributed by atoms with Crippen LogP contribution in [0.3, 0.4) is 0 Å². The van der Waals surface area contributed by atoms with E-state index in [0.717, 1.165) is 57.9 Å². The summed E-state index contributed by atoms with van der Waals surface area (Å²) < 4.78 is 4.86. The zero-order chi connectivity index (χ0) is 24.0. The second kappa shape index (κ2) is 20.9. The smallest absolute Gasteiger partial charge is 0.404 e. The first-order valence-electron chi connectivity index (χ1n) is 11.7. The maximum Gasteiger partial charge on any atom is 0.404 e. The minimum Gasteiger partial charge on any atom is -0.448 e. The Labute approximate surface area is 192 Å². The summed E-state index contributed by atoms with van der Waals surface area (Å²) in [6.07, 6.45) is 6.76. The Morgan fingerprint density at radius 3 is 2.09 bits per heavy atom. The highest BCUT2D eigenvalue weighted by molar-refractivity contribution is 5.85. The number of hydrogen-bond donors (Lipinski definition) is 6. The van der Waals surface area contributed by atoms with Crippen molar-refractivity contribution in [3.8, 4) is 0 Å². The van der Waals surface area contributed by atoms with Gasteiger partial charge < -0.3 is 43.2 Å². The molecule has 0 aromatic rings. The molecule has 0 aromatic carbocycles. The summed E-state index contributed by atoms with van der Waals surface area (Å²) in [7, 11) is 0. The number of ether oxygens (including phenoxy) is 1. The molecule has 0 aliphatic carbocycles. The first kappa shape index (κ1) is 30.0. The predicted octanol–water partition coefficient (Wildman–Crippen LogP) is -0.628. The summed E-state index contributed by atoms with van der Waals surface area (Å²) in [5, 5.41) is 5.99. The van der Waals surface area contributed by atoms with Crippen molar-refractivity contribution >= 4 is 17.9 Å². The number of primary amides is 1. The van der Waals surface area contributed by atoms with Crippen molar-refractivity contribution in [2.24, 2.45) is 22.9 Å². The summed E-state index contributed by atoms with van der Waals surface area (Å²) >= 11 is 0. The van der Waals surface area contributed by atoms with Gasteiger partial charge >= 0.3 is 6.09 Å². The Balaban J connectivity index is 4.71. The van der Waals surface area contributed by atoms with E-state index in [-0.39, 0.29) is 37.6 Å². The van der Waals surface area contributed by atoms with Crippen LogP contribution in [0.1, 0.15) is 57.8 Å². The zero-order valence-corrected chi connectivity index (χ0v) is 19.5. The summed E-state index contributed by atoms with van der Waals surface area (Å²) in [6, 6.07) is -0.378. The normalized spacial score (nSPS) is 11.7. The van der Waals surface area contributed by atoms with Gasteiger partial charge in [0, 0.05) is 6.54 Å². The number of carbonyl (C=O) groups excluding carboxylic acids is 3. The quantitative estimate of drug-likeness (QED) is 0.122. The van der Waals surface area contributed by atoms with E-state index in [2.05, 4.69) is 10.6 Å². The van der Waals surface area contributed by atoms with Gasteiger partial charge in [-0.1, -0.05) is 19.3 Å². The van der Waals surface area contributed by atoms with Gasteiger partial charge in [0.2, 0.25) is 11.8 Å². The Hall–Kier alpha value is -1.95. The SMILES string of the molecule is NCCCCCNCC(=O)N(CCCCCN)CC(=O)N[C@H](CCCCN)COC(N)=O. The molecule has 0 aliphatic rings. The number of nitrogens with one attached hydrogen (secondary N) is 2. The third-order valence-electron chi connectivity index (χ3n) is 4.95. The molecule has 188 valence electrons. The highest BCUT2D eigenvalue weighted by Gasteiger charge is 2.19. The Morgan fingerprint density at radius 1 is 0.844 bits per heavy atom. The molecule has 0 aliphatic heterocycles. The summed E-state index contributed by atoms with van der Waals surface area (Å²) in [6.45, 7) is 3.13. The largest absolute Gasteiger partial charge is 0.448 e. The van der Waals surface area contributed by atoms with Crippen LogP contribution in [0.25, 0.3) is 0 Å². The molecule has 0 aromatic heterocycles. The molecule has 11 heteroatoms. The highest BCUT2D eigenvalue weighted by atomic mass is 16.5. The van der Waals surface area contributed by atoms with Crippen LogP contribution < -0.4 is 33.6 Å². The summed E-state index contributed by atoms with van der Waals surface area (Å²) in [4.78, 5) is 37.8. The topological polar surface area (TPSA) is 192 Å². The maximum absolute atomic E-state index is 12.7. The van der Waals surface area contributed by atoms with Crippen molar-refractivity contribution in [3.63, 3.8) is 0 Å². The zero-order valence-electron chi connectivity index (χ0n) is 19.5. The molecule has 3 amide bonds. The average Bonchev–Trinajstić information content (AvgIpc) is 2.76. The number of unbranched alkanes of at least 4 members (excludes halogenated alkanes) is 5. The monoisotopic (exact) mass is 459 g/mol. The fraction of sp³-hybridized carbons (Fsp3) is 0.857. The lowest BCUT2D eigenvalue weighted by Gasteiger charge is -2.24. The fourth-order valence-electron chi connectivity index (χ4n) is 3.16. The second-order valence-electron chi connectivity index (χ2n) is 7.87. The molecule has 0 saturated carbocycles. The van der Waals surface area contributed by atoms with E-state index in [9.17, 15) is 14.4 Å².